The van der Waals surface area contributed by atoms with Crippen molar-refractivity contribution in [3.63, 3.8) is 0 Å². The number of benzene rings is 1. The molecule has 1 rings (SSSR count). The van der Waals surface area contributed by atoms with Crippen LogP contribution in [0, 0.1) is 0 Å². The van der Waals surface area contributed by atoms with Crippen molar-refractivity contribution in [2.24, 2.45) is 0 Å². The molecule has 0 spiro atoms. The van der Waals surface area contributed by atoms with Gasteiger partial charge >= 0.3 is 7.12 Å². The van der Waals surface area contributed by atoms with E-state index in [1.807, 2.05) is 37.4 Å². The molecular weight excluding hydrogens is 231 g/mol. The first-order valence-electron chi connectivity index (χ1n) is 5.91. The summed E-state index contributed by atoms with van der Waals surface area (Å²) in [6, 6.07) is 7.76. The first-order chi connectivity index (χ1) is 7.80. The third-order valence-electron chi connectivity index (χ3n) is 2.40. The molecule has 0 unspecified atom stereocenters. The maximum absolute atomic E-state index is 9.74. The van der Waals surface area contributed by atoms with E-state index in [4.69, 9.17) is 9.38 Å². The molecule has 0 aromatic heterocycles. The lowest BCUT2D eigenvalue weighted by atomic mass is 9.78. The van der Waals surface area contributed by atoms with Crippen molar-refractivity contribution >= 4 is 21.6 Å². The molecule has 0 aliphatic heterocycles. The van der Waals surface area contributed by atoms with Gasteiger partial charge in [0.25, 0.3) is 0 Å². The van der Waals surface area contributed by atoms with E-state index in [0.29, 0.717) is 5.46 Å². The van der Waals surface area contributed by atoms with Gasteiger partial charge in [-0.2, -0.15) is 0 Å². The van der Waals surface area contributed by atoms with E-state index in [1.165, 1.54) is 5.56 Å². The zero-order valence-corrected chi connectivity index (χ0v) is 12.4. The molecule has 1 aromatic carbocycles. The van der Waals surface area contributed by atoms with Gasteiger partial charge in [-0.05, 0) is 29.5 Å². The molecule has 17 heavy (non-hydrogen) atoms. The fourth-order valence-corrected chi connectivity index (χ4v) is 1.69. The molecule has 0 aliphatic rings. The van der Waals surface area contributed by atoms with Crippen LogP contribution in [0.25, 0.3) is 0 Å². The summed E-state index contributed by atoms with van der Waals surface area (Å²) in [6.07, 6.45) is 0. The topological polar surface area (TPSA) is 38.7 Å². The van der Waals surface area contributed by atoms with E-state index in [0.717, 1.165) is 0 Å². The Balaban J connectivity index is 2.67. The van der Waals surface area contributed by atoms with E-state index in [9.17, 15) is 5.02 Å². The SMILES string of the molecule is C[SiH](C)OOB(O)c1ccc(C(C)(C)C)cc1. The second-order valence-electron chi connectivity index (χ2n) is 5.47. The monoisotopic (exact) mass is 252 g/mol. The molecule has 1 N–H and O–H groups in total. The van der Waals surface area contributed by atoms with Crippen molar-refractivity contribution in [3.05, 3.63) is 29.8 Å². The third-order valence-corrected chi connectivity index (χ3v) is 2.90. The van der Waals surface area contributed by atoms with Gasteiger partial charge in [-0.3, -0.25) is 4.81 Å². The first-order valence-corrected chi connectivity index (χ1v) is 8.69. The van der Waals surface area contributed by atoms with Crippen LogP contribution in [0.3, 0.4) is 0 Å². The molecule has 5 heteroatoms. The molecule has 3 nitrogen and oxygen atoms in total. The molecule has 0 amide bonds. The maximum Gasteiger partial charge on any atom is 0.521 e. The van der Waals surface area contributed by atoms with Gasteiger partial charge in [0, 0.05) is 0 Å². The van der Waals surface area contributed by atoms with Gasteiger partial charge in [-0.1, -0.05) is 45.0 Å². The molecule has 0 atom stereocenters. The average Bonchev–Trinajstić information content (AvgIpc) is 2.25. The van der Waals surface area contributed by atoms with Gasteiger partial charge in [0.2, 0.25) is 9.04 Å². The van der Waals surface area contributed by atoms with Crippen molar-refractivity contribution < 1.29 is 14.4 Å². The molecule has 0 aliphatic carbocycles. The summed E-state index contributed by atoms with van der Waals surface area (Å²) < 4.78 is 5.04. The Morgan fingerprint density at radius 2 is 1.65 bits per heavy atom. The molecular formula is C12H21BO3Si. The second kappa shape index (κ2) is 5.82. The molecule has 0 saturated heterocycles. The lowest BCUT2D eigenvalue weighted by Gasteiger charge is -2.19. The van der Waals surface area contributed by atoms with Gasteiger partial charge in [0.05, 0.1) is 0 Å². The van der Waals surface area contributed by atoms with Gasteiger partial charge in [-0.25, -0.2) is 0 Å². The minimum absolute atomic E-state index is 0.117. The van der Waals surface area contributed by atoms with E-state index in [-0.39, 0.29) is 5.41 Å². The Hall–Kier alpha value is -0.618. The van der Waals surface area contributed by atoms with E-state index < -0.39 is 16.2 Å². The highest BCUT2D eigenvalue weighted by atomic mass is 28.3. The van der Waals surface area contributed by atoms with Crippen molar-refractivity contribution in [1.82, 2.24) is 0 Å². The Bertz CT molecular complexity index is 346. The van der Waals surface area contributed by atoms with Crippen LogP contribution in [0.4, 0.5) is 0 Å². The Labute approximate surface area is 106 Å². The van der Waals surface area contributed by atoms with E-state index in [1.54, 1.807) is 0 Å². The van der Waals surface area contributed by atoms with Crippen molar-refractivity contribution in [1.29, 1.82) is 0 Å². The Morgan fingerprint density at radius 1 is 1.12 bits per heavy atom. The zero-order valence-electron chi connectivity index (χ0n) is 11.2. The second-order valence-corrected chi connectivity index (χ2v) is 7.76. The van der Waals surface area contributed by atoms with Crippen LogP contribution in [0.15, 0.2) is 24.3 Å². The van der Waals surface area contributed by atoms with Crippen LogP contribution in [0.1, 0.15) is 26.3 Å². The summed E-state index contributed by atoms with van der Waals surface area (Å²) in [6.45, 7) is 10.4. The van der Waals surface area contributed by atoms with E-state index >= 15 is 0 Å². The average molecular weight is 252 g/mol. The predicted molar refractivity (Wildman–Crippen MR) is 73.8 cm³/mol. The highest BCUT2D eigenvalue weighted by molar-refractivity contribution is 6.60. The smallest absolute Gasteiger partial charge is 0.422 e. The molecule has 0 radical (unpaired) electrons. The number of hydrogen-bond donors (Lipinski definition) is 1. The maximum atomic E-state index is 9.74. The fourth-order valence-electron chi connectivity index (χ4n) is 1.37. The number of hydrogen-bond acceptors (Lipinski definition) is 3. The van der Waals surface area contributed by atoms with E-state index in [2.05, 4.69) is 20.8 Å². The zero-order chi connectivity index (χ0) is 13.1. The van der Waals surface area contributed by atoms with Crippen LogP contribution in [0.5, 0.6) is 0 Å². The highest BCUT2D eigenvalue weighted by Crippen LogP contribution is 2.20. The quantitative estimate of drug-likeness (QED) is 0.502. The predicted octanol–water partition coefficient (Wildman–Crippen LogP) is 1.60. The van der Waals surface area contributed by atoms with Crippen LogP contribution in [-0.2, 0) is 14.8 Å². The van der Waals surface area contributed by atoms with Crippen LogP contribution in [-0.4, -0.2) is 21.2 Å². The lowest BCUT2D eigenvalue weighted by Crippen LogP contribution is -2.35. The van der Waals surface area contributed by atoms with Crippen molar-refractivity contribution in [3.8, 4) is 0 Å². The standard InChI is InChI=1S/C12H21BO3Si/c1-12(2,3)10-6-8-11(9-7-10)13(14)15-16-17(4)5/h6-9,14,17H,1-5H3. The van der Waals surface area contributed by atoms with Gasteiger partial charge in [0.1, 0.15) is 0 Å². The van der Waals surface area contributed by atoms with Crippen molar-refractivity contribution in [2.75, 3.05) is 0 Å². The van der Waals surface area contributed by atoms with Crippen LogP contribution >= 0.6 is 0 Å². The normalized spacial score (nSPS) is 11.9. The van der Waals surface area contributed by atoms with Gasteiger partial charge < -0.3 is 9.60 Å². The largest absolute Gasteiger partial charge is 0.521 e. The summed E-state index contributed by atoms with van der Waals surface area (Å²) in [4.78, 5) is 4.93. The molecule has 1 aromatic rings. The third kappa shape index (κ3) is 4.63. The van der Waals surface area contributed by atoms with Gasteiger partial charge in [0.15, 0.2) is 0 Å². The molecule has 0 bridgehead atoms. The first kappa shape index (κ1) is 14.4. The van der Waals surface area contributed by atoms with Crippen LogP contribution < -0.4 is 5.46 Å². The summed E-state index contributed by atoms with van der Waals surface area (Å²) in [5.41, 5.74) is 2.06. The Morgan fingerprint density at radius 3 is 2.06 bits per heavy atom. The molecule has 0 saturated carbocycles. The molecule has 94 valence electrons. The summed E-state index contributed by atoms with van der Waals surface area (Å²) in [5, 5.41) is 9.74. The van der Waals surface area contributed by atoms with Crippen LogP contribution in [0.2, 0.25) is 13.1 Å². The molecule has 0 fully saturated rings. The van der Waals surface area contributed by atoms with Gasteiger partial charge in [-0.15, -0.1) is 0 Å². The summed E-state index contributed by atoms with van der Waals surface area (Å²) >= 11 is 0. The minimum Gasteiger partial charge on any atom is -0.422 e. The fraction of sp³-hybridized carbons (Fsp3) is 0.500. The lowest BCUT2D eigenvalue weighted by molar-refractivity contribution is -0.121. The van der Waals surface area contributed by atoms with Crippen molar-refractivity contribution in [2.45, 2.75) is 39.3 Å². The highest BCUT2D eigenvalue weighted by Gasteiger charge is 2.20. The summed E-state index contributed by atoms with van der Waals surface area (Å²) in [5.74, 6) is 0. The minimum atomic E-state index is -1.27. The molecule has 0 heterocycles. The Kier molecular flexibility index (Phi) is 4.94. The summed E-state index contributed by atoms with van der Waals surface area (Å²) in [7, 11) is -2.27. The number of rotatable bonds is 4.